The fraction of sp³-hybridized carbons (Fsp3) is 0.267. The number of hydrogen-bond donors (Lipinski definition) is 3. The van der Waals surface area contributed by atoms with E-state index < -0.39 is 11.8 Å². The number of hydrogen-bond acceptors (Lipinski definition) is 8. The monoisotopic (exact) mass is 562 g/mol. The highest BCUT2D eigenvalue weighted by Crippen LogP contribution is 2.28. The minimum atomic E-state index is -0.903. The number of carbonyl (C=O) groups excluding carboxylic acids is 3. The molecule has 11 nitrogen and oxygen atoms in total. The fourth-order valence-electron chi connectivity index (χ4n) is 3.64. The SMILES string of the molecule is CCOc1cc(/C=N\NC(=O)C(=O)NCCc2ccc(OC)c(OC)c2)ccc1OCC(=O)NCc1ccccc1. The first-order chi connectivity index (χ1) is 19.9. The van der Waals surface area contributed by atoms with Gasteiger partial charge in [-0.05, 0) is 60.4 Å². The van der Waals surface area contributed by atoms with Crippen molar-refractivity contribution in [3.8, 4) is 23.0 Å². The van der Waals surface area contributed by atoms with Crippen molar-refractivity contribution in [2.45, 2.75) is 19.9 Å². The van der Waals surface area contributed by atoms with Gasteiger partial charge in [0.2, 0.25) is 0 Å². The van der Waals surface area contributed by atoms with Gasteiger partial charge in [0.25, 0.3) is 5.91 Å². The Morgan fingerprint density at radius 2 is 1.54 bits per heavy atom. The summed E-state index contributed by atoms with van der Waals surface area (Å²) < 4.78 is 21.8. The molecule has 0 aliphatic rings. The summed E-state index contributed by atoms with van der Waals surface area (Å²) in [6, 6.07) is 20.0. The van der Waals surface area contributed by atoms with Crippen LogP contribution in [0.5, 0.6) is 23.0 Å². The van der Waals surface area contributed by atoms with Crippen molar-refractivity contribution < 1.29 is 33.3 Å². The van der Waals surface area contributed by atoms with Gasteiger partial charge in [0.15, 0.2) is 29.6 Å². The van der Waals surface area contributed by atoms with Crippen molar-refractivity contribution in [3.63, 3.8) is 0 Å². The third-order valence-corrected chi connectivity index (χ3v) is 5.69. The predicted octanol–water partition coefficient (Wildman–Crippen LogP) is 2.61. The van der Waals surface area contributed by atoms with E-state index in [0.717, 1.165) is 11.1 Å². The molecule has 11 heteroatoms. The van der Waals surface area contributed by atoms with Gasteiger partial charge < -0.3 is 29.6 Å². The van der Waals surface area contributed by atoms with E-state index in [1.807, 2.05) is 49.4 Å². The van der Waals surface area contributed by atoms with Crippen LogP contribution in [-0.2, 0) is 27.3 Å². The zero-order chi connectivity index (χ0) is 29.5. The van der Waals surface area contributed by atoms with Crippen LogP contribution in [0.3, 0.4) is 0 Å². The molecule has 3 aromatic rings. The second-order valence-electron chi connectivity index (χ2n) is 8.58. The Hall–Kier alpha value is -5.06. The molecule has 3 amide bonds. The average Bonchev–Trinajstić information content (AvgIpc) is 3.00. The molecule has 0 bridgehead atoms. The second-order valence-corrected chi connectivity index (χ2v) is 8.58. The normalized spacial score (nSPS) is 10.5. The Balaban J connectivity index is 1.46. The van der Waals surface area contributed by atoms with E-state index in [0.29, 0.717) is 48.1 Å². The van der Waals surface area contributed by atoms with Crippen molar-refractivity contribution in [2.75, 3.05) is 34.0 Å². The summed E-state index contributed by atoms with van der Waals surface area (Å²) in [5.41, 5.74) is 4.68. The lowest BCUT2D eigenvalue weighted by atomic mass is 10.1. The summed E-state index contributed by atoms with van der Waals surface area (Å²) in [5.74, 6) is -0.00300. The van der Waals surface area contributed by atoms with Crippen molar-refractivity contribution in [1.82, 2.24) is 16.1 Å². The smallest absolute Gasteiger partial charge is 0.329 e. The number of nitrogens with one attached hydrogen (secondary N) is 3. The summed E-state index contributed by atoms with van der Waals surface area (Å²) in [6.45, 7) is 2.66. The first-order valence-corrected chi connectivity index (χ1v) is 13.0. The Labute approximate surface area is 238 Å². The maximum atomic E-state index is 12.2. The topological polar surface area (TPSA) is 137 Å². The van der Waals surface area contributed by atoms with Gasteiger partial charge in [-0.25, -0.2) is 5.43 Å². The van der Waals surface area contributed by atoms with Gasteiger partial charge >= 0.3 is 11.8 Å². The standard InChI is InChI=1S/C30H34N4O7/c1-4-40-27-17-23(11-13-25(27)41-20-28(35)32-18-22-8-6-5-7-9-22)19-33-34-30(37)29(36)31-15-14-21-10-12-24(38-2)26(16-21)39-3/h5-13,16-17,19H,4,14-15,18,20H2,1-3H3,(H,31,36)(H,32,35)(H,34,37)/b33-19-. The molecule has 0 aliphatic carbocycles. The minimum absolute atomic E-state index is 0.183. The number of carbonyl (C=O) groups is 3. The van der Waals surface area contributed by atoms with E-state index in [1.54, 1.807) is 38.5 Å². The van der Waals surface area contributed by atoms with E-state index in [9.17, 15) is 14.4 Å². The molecular formula is C30H34N4O7. The van der Waals surface area contributed by atoms with Gasteiger partial charge in [0.1, 0.15) is 0 Å². The van der Waals surface area contributed by atoms with E-state index in [4.69, 9.17) is 18.9 Å². The van der Waals surface area contributed by atoms with Gasteiger partial charge in [-0.3, -0.25) is 14.4 Å². The number of benzene rings is 3. The molecule has 0 radical (unpaired) electrons. The quantitative estimate of drug-likeness (QED) is 0.156. The largest absolute Gasteiger partial charge is 0.493 e. The zero-order valence-corrected chi connectivity index (χ0v) is 23.3. The Kier molecular flexibility index (Phi) is 12.0. The third kappa shape index (κ3) is 9.88. The Morgan fingerprint density at radius 3 is 2.27 bits per heavy atom. The maximum Gasteiger partial charge on any atom is 0.329 e. The molecule has 0 aromatic heterocycles. The van der Waals surface area contributed by atoms with E-state index >= 15 is 0 Å². The Bertz CT molecular complexity index is 1350. The number of hydrazone groups is 1. The third-order valence-electron chi connectivity index (χ3n) is 5.69. The Morgan fingerprint density at radius 1 is 0.780 bits per heavy atom. The van der Waals surface area contributed by atoms with Crippen molar-refractivity contribution in [2.24, 2.45) is 5.10 Å². The summed E-state index contributed by atoms with van der Waals surface area (Å²) in [5, 5.41) is 9.21. The van der Waals surface area contributed by atoms with Crippen LogP contribution < -0.4 is 35.0 Å². The molecule has 0 atom stereocenters. The molecule has 0 fully saturated rings. The molecule has 3 aromatic carbocycles. The van der Waals surface area contributed by atoms with Crippen LogP contribution in [0.1, 0.15) is 23.6 Å². The molecule has 3 rings (SSSR count). The molecule has 0 unspecified atom stereocenters. The fourth-order valence-corrected chi connectivity index (χ4v) is 3.64. The molecule has 0 heterocycles. The highest BCUT2D eigenvalue weighted by Gasteiger charge is 2.13. The number of ether oxygens (including phenoxy) is 4. The van der Waals surface area contributed by atoms with Crippen LogP contribution in [0.2, 0.25) is 0 Å². The first kappa shape index (κ1) is 30.5. The predicted molar refractivity (Wildman–Crippen MR) is 153 cm³/mol. The summed E-state index contributed by atoms with van der Waals surface area (Å²) in [4.78, 5) is 36.4. The number of nitrogens with zero attached hydrogens (tertiary/aromatic N) is 1. The number of rotatable bonds is 14. The lowest BCUT2D eigenvalue weighted by molar-refractivity contribution is -0.139. The van der Waals surface area contributed by atoms with Gasteiger partial charge in [0, 0.05) is 13.1 Å². The highest BCUT2D eigenvalue weighted by atomic mass is 16.5. The maximum absolute atomic E-state index is 12.2. The second kappa shape index (κ2) is 16.1. The summed E-state index contributed by atoms with van der Waals surface area (Å²) >= 11 is 0. The molecule has 216 valence electrons. The van der Waals surface area contributed by atoms with Crippen molar-refractivity contribution >= 4 is 23.9 Å². The molecule has 3 N–H and O–H groups in total. The van der Waals surface area contributed by atoms with E-state index in [2.05, 4.69) is 21.2 Å². The van der Waals surface area contributed by atoms with Crippen molar-refractivity contribution in [3.05, 3.63) is 83.4 Å². The minimum Gasteiger partial charge on any atom is -0.493 e. The molecule has 0 aliphatic heterocycles. The lowest BCUT2D eigenvalue weighted by Gasteiger charge is -2.12. The molecular weight excluding hydrogens is 528 g/mol. The summed E-state index contributed by atoms with van der Waals surface area (Å²) in [7, 11) is 3.10. The molecule has 0 spiro atoms. The number of methoxy groups -OCH3 is 2. The van der Waals surface area contributed by atoms with Crippen LogP contribution in [-0.4, -0.2) is 57.9 Å². The highest BCUT2D eigenvalue weighted by molar-refractivity contribution is 6.35. The van der Waals surface area contributed by atoms with Crippen LogP contribution in [0.15, 0.2) is 71.8 Å². The van der Waals surface area contributed by atoms with Crippen LogP contribution >= 0.6 is 0 Å². The number of amides is 3. The zero-order valence-electron chi connectivity index (χ0n) is 23.3. The van der Waals surface area contributed by atoms with Gasteiger partial charge in [-0.15, -0.1) is 0 Å². The van der Waals surface area contributed by atoms with E-state index in [1.165, 1.54) is 6.21 Å². The van der Waals surface area contributed by atoms with Gasteiger partial charge in [-0.1, -0.05) is 36.4 Å². The first-order valence-electron chi connectivity index (χ1n) is 13.0. The molecule has 0 saturated carbocycles. The van der Waals surface area contributed by atoms with Gasteiger partial charge in [0.05, 0.1) is 27.0 Å². The van der Waals surface area contributed by atoms with Crippen LogP contribution in [0.4, 0.5) is 0 Å². The lowest BCUT2D eigenvalue weighted by Crippen LogP contribution is -2.38. The van der Waals surface area contributed by atoms with Crippen LogP contribution in [0, 0.1) is 0 Å². The molecule has 0 saturated heterocycles. The average molecular weight is 563 g/mol. The summed E-state index contributed by atoms with van der Waals surface area (Å²) in [6.07, 6.45) is 1.86. The molecule has 41 heavy (non-hydrogen) atoms. The van der Waals surface area contributed by atoms with Crippen LogP contribution in [0.25, 0.3) is 0 Å². The van der Waals surface area contributed by atoms with E-state index in [-0.39, 0.29) is 19.1 Å². The van der Waals surface area contributed by atoms with Gasteiger partial charge in [-0.2, -0.15) is 5.10 Å². The van der Waals surface area contributed by atoms with Crippen molar-refractivity contribution in [1.29, 1.82) is 0 Å².